The van der Waals surface area contributed by atoms with Crippen LogP contribution in [0.2, 0.25) is 0 Å². The molecule has 0 saturated carbocycles. The molecule has 0 unspecified atom stereocenters. The summed E-state index contributed by atoms with van der Waals surface area (Å²) in [4.78, 5) is 36.8. The zero-order chi connectivity index (χ0) is 20.2. The summed E-state index contributed by atoms with van der Waals surface area (Å²) in [5.41, 5.74) is 3.83. The van der Waals surface area contributed by atoms with E-state index in [2.05, 4.69) is 15.3 Å². The van der Waals surface area contributed by atoms with Crippen molar-refractivity contribution < 1.29 is 14.5 Å². The quantitative estimate of drug-likeness (QED) is 0.694. The predicted octanol–water partition coefficient (Wildman–Crippen LogP) is 0.918. The van der Waals surface area contributed by atoms with Crippen molar-refractivity contribution in [1.29, 1.82) is 0 Å². The minimum atomic E-state index is -0.105. The summed E-state index contributed by atoms with van der Waals surface area (Å²) in [5, 5.41) is 2.93. The van der Waals surface area contributed by atoms with E-state index in [1.54, 1.807) is 11.1 Å². The number of carbonyl (C=O) groups excluding carboxylic acids is 2. The van der Waals surface area contributed by atoms with Crippen molar-refractivity contribution >= 4 is 28.5 Å². The summed E-state index contributed by atoms with van der Waals surface area (Å²) in [6.45, 7) is 5.06. The van der Waals surface area contributed by atoms with Crippen LogP contribution >= 0.6 is 0 Å². The van der Waals surface area contributed by atoms with Crippen molar-refractivity contribution in [1.82, 2.24) is 14.9 Å². The molecule has 148 valence electrons. The number of hydrogen-bond donors (Lipinski definition) is 2. The number of hydrogen-bond acceptors (Lipinski definition) is 4. The largest absolute Gasteiger partial charge is 0.326 e. The Morgan fingerprint density at radius 1 is 1.03 bits per heavy atom. The Morgan fingerprint density at radius 3 is 2.45 bits per heavy atom. The van der Waals surface area contributed by atoms with Gasteiger partial charge in [-0.25, -0.2) is 4.98 Å². The molecule has 1 aliphatic heterocycles. The Kier molecular flexibility index (Phi) is 5.48. The first-order valence-electron chi connectivity index (χ1n) is 9.79. The zero-order valence-corrected chi connectivity index (χ0v) is 16.4. The molecule has 4 rings (SSSR count). The lowest BCUT2D eigenvalue weighted by Crippen LogP contribution is -3.15. The Labute approximate surface area is 169 Å². The Balaban J connectivity index is 1.30. The average Bonchev–Trinajstić information content (AvgIpc) is 2.75. The molecule has 7 heteroatoms. The van der Waals surface area contributed by atoms with E-state index in [0.29, 0.717) is 25.3 Å². The van der Waals surface area contributed by atoms with Crippen molar-refractivity contribution in [2.24, 2.45) is 0 Å². The summed E-state index contributed by atoms with van der Waals surface area (Å²) in [5.74, 6) is -0.115. The SMILES string of the molecule is Cc1ccc(NC(=O)C[NH+]2CCN(C(=O)c3cnc4ccccc4n3)CC2)cc1. The van der Waals surface area contributed by atoms with Crippen LogP contribution < -0.4 is 10.2 Å². The molecule has 1 aliphatic rings. The molecule has 0 spiro atoms. The van der Waals surface area contributed by atoms with Gasteiger partial charge in [-0.1, -0.05) is 29.8 Å². The second-order valence-electron chi connectivity index (χ2n) is 7.38. The van der Waals surface area contributed by atoms with Crippen LogP contribution in [0.3, 0.4) is 0 Å². The summed E-state index contributed by atoms with van der Waals surface area (Å²) in [6, 6.07) is 15.3. The number of nitrogens with zero attached hydrogens (tertiary/aromatic N) is 3. The van der Waals surface area contributed by atoms with Gasteiger partial charge in [0.25, 0.3) is 11.8 Å². The number of amides is 2. The number of benzene rings is 2. The van der Waals surface area contributed by atoms with E-state index in [1.807, 2.05) is 55.5 Å². The first-order chi connectivity index (χ1) is 14.1. The number of para-hydroxylation sites is 2. The van der Waals surface area contributed by atoms with Gasteiger partial charge in [0.15, 0.2) is 6.54 Å². The fraction of sp³-hybridized carbons (Fsp3) is 0.273. The number of fused-ring (bicyclic) bond motifs is 1. The lowest BCUT2D eigenvalue weighted by atomic mass is 10.2. The van der Waals surface area contributed by atoms with Crippen LogP contribution in [-0.2, 0) is 4.79 Å². The first-order valence-corrected chi connectivity index (χ1v) is 9.79. The van der Waals surface area contributed by atoms with Gasteiger partial charge in [0, 0.05) is 5.69 Å². The molecular weight excluding hydrogens is 366 g/mol. The first kappa shape index (κ1) is 19.0. The fourth-order valence-electron chi connectivity index (χ4n) is 3.49. The number of quaternary nitrogens is 1. The Bertz CT molecular complexity index is 1030. The maximum atomic E-state index is 12.8. The molecule has 1 saturated heterocycles. The summed E-state index contributed by atoms with van der Waals surface area (Å²) in [6.07, 6.45) is 1.54. The second-order valence-corrected chi connectivity index (χ2v) is 7.38. The van der Waals surface area contributed by atoms with Gasteiger partial charge in [0.1, 0.15) is 5.69 Å². The van der Waals surface area contributed by atoms with Crippen molar-refractivity contribution in [3.63, 3.8) is 0 Å². The van der Waals surface area contributed by atoms with Gasteiger partial charge in [-0.05, 0) is 31.2 Å². The number of piperazine rings is 1. The standard InChI is InChI=1S/C22H23N5O2/c1-16-6-8-17(9-7-16)24-21(28)15-26-10-12-27(13-11-26)22(29)20-14-23-18-4-2-3-5-19(18)25-20/h2-9,14H,10-13,15H2,1H3,(H,24,28)/p+1. The highest BCUT2D eigenvalue weighted by atomic mass is 16.2. The van der Waals surface area contributed by atoms with Crippen LogP contribution in [0.25, 0.3) is 11.0 Å². The van der Waals surface area contributed by atoms with Crippen LogP contribution in [0.1, 0.15) is 16.1 Å². The van der Waals surface area contributed by atoms with Crippen molar-refractivity contribution in [3.8, 4) is 0 Å². The molecule has 0 aliphatic carbocycles. The third kappa shape index (κ3) is 4.57. The van der Waals surface area contributed by atoms with E-state index in [9.17, 15) is 9.59 Å². The second kappa shape index (κ2) is 8.36. The lowest BCUT2D eigenvalue weighted by Gasteiger charge is -2.31. The van der Waals surface area contributed by atoms with Crippen LogP contribution in [-0.4, -0.2) is 59.4 Å². The van der Waals surface area contributed by atoms with Crippen molar-refractivity contribution in [2.45, 2.75) is 6.92 Å². The Morgan fingerprint density at radius 2 is 1.72 bits per heavy atom. The van der Waals surface area contributed by atoms with Gasteiger partial charge in [-0.2, -0.15) is 0 Å². The highest BCUT2D eigenvalue weighted by Crippen LogP contribution is 2.10. The highest BCUT2D eigenvalue weighted by molar-refractivity contribution is 5.94. The summed E-state index contributed by atoms with van der Waals surface area (Å²) >= 11 is 0. The number of nitrogens with one attached hydrogen (secondary N) is 2. The number of aryl methyl sites for hydroxylation is 1. The van der Waals surface area contributed by atoms with Gasteiger partial charge < -0.3 is 15.1 Å². The molecule has 1 aromatic heterocycles. The number of aromatic nitrogens is 2. The number of carbonyl (C=O) groups is 2. The van der Waals surface area contributed by atoms with E-state index < -0.39 is 0 Å². The molecule has 7 nitrogen and oxygen atoms in total. The molecule has 2 amide bonds. The molecule has 0 atom stereocenters. The zero-order valence-electron chi connectivity index (χ0n) is 16.4. The van der Waals surface area contributed by atoms with Crippen LogP contribution in [0.5, 0.6) is 0 Å². The van der Waals surface area contributed by atoms with Gasteiger partial charge in [0.05, 0.1) is 43.4 Å². The molecule has 2 N–H and O–H groups in total. The normalized spacial score (nSPS) is 14.7. The minimum Gasteiger partial charge on any atom is -0.326 e. The van der Waals surface area contributed by atoms with E-state index >= 15 is 0 Å². The van der Waals surface area contributed by atoms with Crippen molar-refractivity contribution in [3.05, 3.63) is 66.0 Å². The maximum Gasteiger partial charge on any atom is 0.279 e. The van der Waals surface area contributed by atoms with E-state index in [-0.39, 0.29) is 11.8 Å². The molecule has 0 radical (unpaired) electrons. The van der Waals surface area contributed by atoms with E-state index in [1.165, 1.54) is 4.90 Å². The highest BCUT2D eigenvalue weighted by Gasteiger charge is 2.26. The summed E-state index contributed by atoms with van der Waals surface area (Å²) in [7, 11) is 0. The molecule has 0 bridgehead atoms. The molecule has 2 heterocycles. The molecular formula is C22H24N5O2+. The molecule has 3 aromatic rings. The topological polar surface area (TPSA) is 79.6 Å². The minimum absolute atomic E-state index is 0.0102. The molecule has 29 heavy (non-hydrogen) atoms. The molecule has 1 fully saturated rings. The van der Waals surface area contributed by atoms with Gasteiger partial charge >= 0.3 is 0 Å². The van der Waals surface area contributed by atoms with E-state index in [4.69, 9.17) is 0 Å². The predicted molar refractivity (Wildman–Crippen MR) is 111 cm³/mol. The summed E-state index contributed by atoms with van der Waals surface area (Å²) < 4.78 is 0. The van der Waals surface area contributed by atoms with Crippen molar-refractivity contribution in [2.75, 3.05) is 38.0 Å². The van der Waals surface area contributed by atoms with Crippen LogP contribution in [0, 0.1) is 6.92 Å². The number of anilines is 1. The monoisotopic (exact) mass is 390 g/mol. The third-order valence-corrected chi connectivity index (χ3v) is 5.17. The van der Waals surface area contributed by atoms with Gasteiger partial charge in [0.2, 0.25) is 0 Å². The van der Waals surface area contributed by atoms with Gasteiger partial charge in [-0.3, -0.25) is 14.6 Å². The van der Waals surface area contributed by atoms with E-state index in [0.717, 1.165) is 35.4 Å². The maximum absolute atomic E-state index is 12.8. The van der Waals surface area contributed by atoms with Crippen LogP contribution in [0.4, 0.5) is 5.69 Å². The smallest absolute Gasteiger partial charge is 0.279 e. The third-order valence-electron chi connectivity index (χ3n) is 5.17. The average molecular weight is 390 g/mol. The van der Waals surface area contributed by atoms with Gasteiger partial charge in [-0.15, -0.1) is 0 Å². The molecule has 2 aromatic carbocycles. The lowest BCUT2D eigenvalue weighted by molar-refractivity contribution is -0.895. The number of rotatable bonds is 4. The fourth-order valence-corrected chi connectivity index (χ4v) is 3.49. The van der Waals surface area contributed by atoms with Crippen LogP contribution in [0.15, 0.2) is 54.7 Å². The Hall–Kier alpha value is -3.32.